The van der Waals surface area contributed by atoms with Crippen molar-refractivity contribution in [3.8, 4) is 0 Å². The standard InChI is InChI=1S/C16H11Br2NO/c1-9-3-2-4-11(15(9)18)16(20)13-8-19-14-6-5-10(17)7-12(13)14/h2-8,19H,1H3. The van der Waals surface area contributed by atoms with Crippen molar-refractivity contribution in [3.05, 3.63) is 68.2 Å². The van der Waals surface area contributed by atoms with Crippen molar-refractivity contribution < 1.29 is 4.79 Å². The van der Waals surface area contributed by atoms with Gasteiger partial charge >= 0.3 is 0 Å². The van der Waals surface area contributed by atoms with Crippen LogP contribution in [0.25, 0.3) is 10.9 Å². The summed E-state index contributed by atoms with van der Waals surface area (Å²) in [6.45, 7) is 1.98. The van der Waals surface area contributed by atoms with Gasteiger partial charge in [0.25, 0.3) is 0 Å². The number of aromatic amines is 1. The molecule has 100 valence electrons. The van der Waals surface area contributed by atoms with Crippen molar-refractivity contribution in [1.29, 1.82) is 0 Å². The summed E-state index contributed by atoms with van der Waals surface area (Å²) in [4.78, 5) is 15.9. The Morgan fingerprint density at radius 1 is 1.10 bits per heavy atom. The van der Waals surface area contributed by atoms with E-state index in [0.29, 0.717) is 11.1 Å². The van der Waals surface area contributed by atoms with Gasteiger partial charge < -0.3 is 4.98 Å². The normalized spacial score (nSPS) is 10.9. The Bertz CT molecular complexity index is 820. The minimum absolute atomic E-state index is 0.0184. The number of aromatic nitrogens is 1. The lowest BCUT2D eigenvalue weighted by Crippen LogP contribution is -2.02. The fraction of sp³-hybridized carbons (Fsp3) is 0.0625. The summed E-state index contributed by atoms with van der Waals surface area (Å²) in [6.07, 6.45) is 1.77. The number of hydrogen-bond acceptors (Lipinski definition) is 1. The number of halogens is 2. The number of carbonyl (C=O) groups excluding carboxylic acids is 1. The summed E-state index contributed by atoms with van der Waals surface area (Å²) >= 11 is 6.95. The molecule has 1 heterocycles. The molecule has 3 rings (SSSR count). The lowest BCUT2D eigenvalue weighted by Gasteiger charge is -2.05. The SMILES string of the molecule is Cc1cccc(C(=O)c2c[nH]c3ccc(Br)cc23)c1Br. The smallest absolute Gasteiger partial charge is 0.196 e. The van der Waals surface area contributed by atoms with Gasteiger partial charge in [-0.25, -0.2) is 0 Å². The zero-order valence-corrected chi connectivity index (χ0v) is 13.9. The summed E-state index contributed by atoms with van der Waals surface area (Å²) in [5, 5.41) is 0.929. The largest absolute Gasteiger partial charge is 0.360 e. The van der Waals surface area contributed by atoms with Gasteiger partial charge in [-0.15, -0.1) is 0 Å². The van der Waals surface area contributed by atoms with Crippen LogP contribution in [-0.4, -0.2) is 10.8 Å². The Labute approximate surface area is 133 Å². The molecule has 0 unspecified atom stereocenters. The maximum absolute atomic E-state index is 12.7. The van der Waals surface area contributed by atoms with Gasteiger partial charge in [0, 0.05) is 37.2 Å². The van der Waals surface area contributed by atoms with Gasteiger partial charge in [0.05, 0.1) is 0 Å². The molecule has 1 aromatic heterocycles. The highest BCUT2D eigenvalue weighted by molar-refractivity contribution is 9.10. The van der Waals surface area contributed by atoms with E-state index in [0.717, 1.165) is 25.4 Å². The highest BCUT2D eigenvalue weighted by Gasteiger charge is 2.17. The maximum atomic E-state index is 12.7. The van der Waals surface area contributed by atoms with Gasteiger partial charge in [-0.1, -0.05) is 28.1 Å². The second kappa shape index (κ2) is 5.19. The summed E-state index contributed by atoms with van der Waals surface area (Å²) < 4.78 is 1.82. The average Bonchev–Trinajstić information content (AvgIpc) is 2.84. The quantitative estimate of drug-likeness (QED) is 0.595. The van der Waals surface area contributed by atoms with E-state index in [4.69, 9.17) is 0 Å². The third kappa shape index (κ3) is 2.23. The number of carbonyl (C=O) groups is 1. The topological polar surface area (TPSA) is 32.9 Å². The number of rotatable bonds is 2. The first kappa shape index (κ1) is 13.6. The van der Waals surface area contributed by atoms with Gasteiger partial charge in [0.1, 0.15) is 0 Å². The van der Waals surface area contributed by atoms with Crippen LogP contribution in [0.15, 0.2) is 51.5 Å². The molecule has 0 atom stereocenters. The Morgan fingerprint density at radius 2 is 1.90 bits per heavy atom. The van der Waals surface area contributed by atoms with Crippen molar-refractivity contribution in [2.45, 2.75) is 6.92 Å². The van der Waals surface area contributed by atoms with Crippen LogP contribution in [0.3, 0.4) is 0 Å². The van der Waals surface area contributed by atoms with Gasteiger partial charge in [-0.3, -0.25) is 4.79 Å². The molecule has 0 saturated heterocycles. The van der Waals surface area contributed by atoms with Crippen LogP contribution in [0.5, 0.6) is 0 Å². The van der Waals surface area contributed by atoms with Crippen molar-refractivity contribution in [3.63, 3.8) is 0 Å². The second-order valence-corrected chi connectivity index (χ2v) is 6.37. The van der Waals surface area contributed by atoms with Gasteiger partial charge in [0.2, 0.25) is 0 Å². The van der Waals surface area contributed by atoms with E-state index in [-0.39, 0.29) is 5.78 Å². The zero-order valence-electron chi connectivity index (χ0n) is 10.7. The highest BCUT2D eigenvalue weighted by atomic mass is 79.9. The number of hydrogen-bond donors (Lipinski definition) is 1. The lowest BCUT2D eigenvalue weighted by atomic mass is 10.0. The van der Waals surface area contributed by atoms with Gasteiger partial charge in [-0.2, -0.15) is 0 Å². The molecule has 0 aliphatic rings. The molecular weight excluding hydrogens is 382 g/mol. The van der Waals surface area contributed by atoms with Crippen LogP contribution in [0.4, 0.5) is 0 Å². The zero-order chi connectivity index (χ0) is 14.3. The van der Waals surface area contributed by atoms with E-state index < -0.39 is 0 Å². The molecule has 0 aliphatic heterocycles. The molecule has 0 aliphatic carbocycles. The van der Waals surface area contributed by atoms with Crippen molar-refractivity contribution in [2.75, 3.05) is 0 Å². The third-order valence-electron chi connectivity index (χ3n) is 3.32. The molecule has 4 heteroatoms. The van der Waals surface area contributed by atoms with E-state index >= 15 is 0 Å². The minimum atomic E-state index is 0.0184. The van der Waals surface area contributed by atoms with Crippen molar-refractivity contribution in [1.82, 2.24) is 4.98 Å². The van der Waals surface area contributed by atoms with E-state index in [2.05, 4.69) is 36.8 Å². The molecule has 2 nitrogen and oxygen atoms in total. The van der Waals surface area contributed by atoms with Crippen LogP contribution in [0.2, 0.25) is 0 Å². The van der Waals surface area contributed by atoms with Crippen LogP contribution in [-0.2, 0) is 0 Å². The molecule has 0 bridgehead atoms. The first-order valence-corrected chi connectivity index (χ1v) is 7.73. The average molecular weight is 393 g/mol. The maximum Gasteiger partial charge on any atom is 0.196 e. The number of ketones is 1. The van der Waals surface area contributed by atoms with Crippen molar-refractivity contribution in [2.24, 2.45) is 0 Å². The fourth-order valence-corrected chi connectivity index (χ4v) is 3.05. The molecule has 0 radical (unpaired) electrons. The van der Waals surface area contributed by atoms with Crippen LogP contribution >= 0.6 is 31.9 Å². The van der Waals surface area contributed by atoms with Gasteiger partial charge in [-0.05, 0) is 52.7 Å². The molecule has 3 aromatic rings. The fourth-order valence-electron chi connectivity index (χ4n) is 2.25. The number of benzene rings is 2. The Kier molecular flexibility index (Phi) is 3.52. The van der Waals surface area contributed by atoms with E-state index in [1.807, 2.05) is 43.3 Å². The van der Waals surface area contributed by atoms with Crippen LogP contribution < -0.4 is 0 Å². The molecule has 0 fully saturated rings. The molecule has 0 amide bonds. The Balaban J connectivity index is 2.18. The van der Waals surface area contributed by atoms with E-state index in [9.17, 15) is 4.79 Å². The first-order chi connectivity index (χ1) is 9.58. The number of H-pyrrole nitrogens is 1. The third-order valence-corrected chi connectivity index (χ3v) is 4.87. The number of aryl methyl sites for hydroxylation is 1. The first-order valence-electron chi connectivity index (χ1n) is 6.14. The van der Waals surface area contributed by atoms with Crippen LogP contribution in [0, 0.1) is 6.92 Å². The molecule has 0 spiro atoms. The summed E-state index contributed by atoms with van der Waals surface area (Å²) in [5.41, 5.74) is 3.38. The molecule has 20 heavy (non-hydrogen) atoms. The summed E-state index contributed by atoms with van der Waals surface area (Å²) in [5.74, 6) is 0.0184. The lowest BCUT2D eigenvalue weighted by molar-refractivity contribution is 0.103. The minimum Gasteiger partial charge on any atom is -0.360 e. The monoisotopic (exact) mass is 391 g/mol. The highest BCUT2D eigenvalue weighted by Crippen LogP contribution is 2.28. The second-order valence-electron chi connectivity index (χ2n) is 4.66. The number of fused-ring (bicyclic) bond motifs is 1. The van der Waals surface area contributed by atoms with Crippen molar-refractivity contribution >= 4 is 48.5 Å². The molecule has 0 saturated carbocycles. The number of nitrogens with one attached hydrogen (secondary N) is 1. The van der Waals surface area contributed by atoms with E-state index in [1.165, 1.54) is 0 Å². The Hall–Kier alpha value is -1.39. The summed E-state index contributed by atoms with van der Waals surface area (Å²) in [6, 6.07) is 11.6. The molecular formula is C16H11Br2NO. The summed E-state index contributed by atoms with van der Waals surface area (Å²) in [7, 11) is 0. The molecule has 2 aromatic carbocycles. The van der Waals surface area contributed by atoms with E-state index in [1.54, 1.807) is 6.20 Å². The molecule has 1 N–H and O–H groups in total. The predicted molar refractivity (Wildman–Crippen MR) is 88.3 cm³/mol. The predicted octanol–water partition coefficient (Wildman–Crippen LogP) is 5.23. The Morgan fingerprint density at radius 3 is 2.70 bits per heavy atom. The van der Waals surface area contributed by atoms with Gasteiger partial charge in [0.15, 0.2) is 5.78 Å². The van der Waals surface area contributed by atoms with Crippen LogP contribution in [0.1, 0.15) is 21.5 Å².